The molecule has 1 amide bonds. The Kier molecular flexibility index (Phi) is 7.09. The first-order valence-corrected chi connectivity index (χ1v) is 16.4. The van der Waals surface area contributed by atoms with Crippen LogP contribution < -0.4 is 14.4 Å². The molecule has 2 aromatic carbocycles. The van der Waals surface area contributed by atoms with Crippen molar-refractivity contribution in [1.29, 1.82) is 0 Å². The minimum absolute atomic E-state index is 0.0772. The number of hydrogen-bond donors (Lipinski definition) is 0. The van der Waals surface area contributed by atoms with Crippen molar-refractivity contribution in [2.24, 2.45) is 5.92 Å². The van der Waals surface area contributed by atoms with Crippen molar-refractivity contribution < 1.29 is 18.7 Å². The average Bonchev–Trinajstić information content (AvgIpc) is 3.56. The summed E-state index contributed by atoms with van der Waals surface area (Å²) in [7, 11) is -0.288. The van der Waals surface area contributed by atoms with E-state index in [4.69, 9.17) is 25.5 Å². The Bertz CT molecular complexity index is 1330. The maximum absolute atomic E-state index is 13.3. The van der Waals surface area contributed by atoms with Crippen LogP contribution in [0.4, 0.5) is 5.69 Å². The second-order valence-corrected chi connectivity index (χ2v) is 16.9. The Morgan fingerprint density at radius 2 is 1.76 bits per heavy atom. The second kappa shape index (κ2) is 10.1. The lowest BCUT2D eigenvalue weighted by molar-refractivity contribution is 0.0959. The molecule has 1 fully saturated rings. The van der Waals surface area contributed by atoms with E-state index in [1.54, 1.807) is 35.0 Å². The number of aromatic nitrogens is 2. The van der Waals surface area contributed by atoms with Crippen molar-refractivity contribution in [2.75, 3.05) is 18.6 Å². The Labute approximate surface area is 230 Å². The molecule has 0 N–H and O–H groups in total. The van der Waals surface area contributed by atoms with E-state index in [9.17, 15) is 4.79 Å². The van der Waals surface area contributed by atoms with Crippen molar-refractivity contribution in [1.82, 2.24) is 9.78 Å². The lowest BCUT2D eigenvalue weighted by atomic mass is 10.2. The summed E-state index contributed by atoms with van der Waals surface area (Å²) in [6.45, 7) is 12.2. The summed E-state index contributed by atoms with van der Waals surface area (Å²) in [6.07, 6.45) is 4.22. The first kappa shape index (κ1) is 26.8. The van der Waals surface area contributed by atoms with Crippen molar-refractivity contribution in [3.05, 3.63) is 64.9 Å². The monoisotopic (exact) mass is 553 g/mol. The first-order chi connectivity index (χ1) is 18.0. The van der Waals surface area contributed by atoms with Gasteiger partial charge >= 0.3 is 0 Å². The molecule has 0 bridgehead atoms. The largest absolute Gasteiger partial charge is 0.493 e. The van der Waals surface area contributed by atoms with E-state index in [2.05, 4.69) is 39.0 Å². The molecule has 1 unspecified atom stereocenters. The van der Waals surface area contributed by atoms with Crippen LogP contribution >= 0.6 is 11.6 Å². The maximum atomic E-state index is 13.3. The van der Waals surface area contributed by atoms with Crippen LogP contribution in [0, 0.1) is 5.92 Å². The highest BCUT2D eigenvalue weighted by Gasteiger charge is 2.43. The Balaban J connectivity index is 1.28. The molecule has 0 radical (unpaired) electrons. The summed E-state index contributed by atoms with van der Waals surface area (Å²) in [4.78, 5) is 15.0. The molecule has 7 nitrogen and oxygen atoms in total. The lowest BCUT2D eigenvalue weighted by Crippen LogP contribution is -2.46. The van der Waals surface area contributed by atoms with Gasteiger partial charge in [0.15, 0.2) is 19.8 Å². The molecule has 2 aliphatic rings. The fraction of sp³-hybridized carbons (Fsp3) is 0.448. The number of rotatable bonds is 9. The van der Waals surface area contributed by atoms with E-state index in [1.807, 2.05) is 30.3 Å². The highest BCUT2D eigenvalue weighted by Crippen LogP contribution is 2.43. The summed E-state index contributed by atoms with van der Waals surface area (Å²) < 4.78 is 20.4. The van der Waals surface area contributed by atoms with Crippen LogP contribution in [-0.4, -0.2) is 43.8 Å². The van der Waals surface area contributed by atoms with E-state index < -0.39 is 8.32 Å². The van der Waals surface area contributed by atoms with Crippen LogP contribution in [0.5, 0.6) is 11.5 Å². The van der Waals surface area contributed by atoms with Gasteiger partial charge in [-0.15, -0.1) is 0 Å². The number of fused-ring (bicyclic) bond motifs is 1. The predicted octanol–water partition coefficient (Wildman–Crippen LogP) is 6.87. The van der Waals surface area contributed by atoms with Gasteiger partial charge in [0.05, 0.1) is 36.7 Å². The summed E-state index contributed by atoms with van der Waals surface area (Å²) in [5.74, 6) is 1.70. The molecule has 9 heteroatoms. The van der Waals surface area contributed by atoms with Crippen LogP contribution in [0.25, 0.3) is 5.69 Å². The van der Waals surface area contributed by atoms with Crippen LogP contribution in [0.2, 0.25) is 23.2 Å². The number of anilines is 1. The number of carbonyl (C=O) groups is 1. The molecule has 1 aliphatic heterocycles. The number of hydrogen-bond acceptors (Lipinski definition) is 5. The Morgan fingerprint density at radius 3 is 2.37 bits per heavy atom. The van der Waals surface area contributed by atoms with E-state index in [0.717, 1.165) is 17.1 Å². The molecule has 38 heavy (non-hydrogen) atoms. The minimum Gasteiger partial charge on any atom is -0.493 e. The topological polar surface area (TPSA) is 65.8 Å². The molecule has 202 valence electrons. The van der Waals surface area contributed by atoms with Crippen molar-refractivity contribution >= 4 is 31.5 Å². The number of benzene rings is 2. The van der Waals surface area contributed by atoms with Gasteiger partial charge in [0.25, 0.3) is 5.91 Å². The average molecular weight is 554 g/mol. The maximum Gasteiger partial charge on any atom is 0.262 e. The van der Waals surface area contributed by atoms with Gasteiger partial charge in [-0.25, -0.2) is 4.68 Å². The molecule has 2 heterocycles. The van der Waals surface area contributed by atoms with Gasteiger partial charge in [-0.1, -0.05) is 32.4 Å². The third-order valence-electron chi connectivity index (χ3n) is 7.93. The van der Waals surface area contributed by atoms with Gasteiger partial charge in [0, 0.05) is 23.0 Å². The third kappa shape index (κ3) is 5.35. The molecule has 1 saturated carbocycles. The van der Waals surface area contributed by atoms with Gasteiger partial charge in [0.2, 0.25) is 0 Å². The zero-order valence-corrected chi connectivity index (χ0v) is 24.7. The van der Waals surface area contributed by atoms with E-state index in [0.29, 0.717) is 41.2 Å². The number of ether oxygens (including phenoxy) is 2. The normalized spacial score (nSPS) is 16.5. The van der Waals surface area contributed by atoms with Gasteiger partial charge in [-0.3, -0.25) is 4.79 Å². The smallest absolute Gasteiger partial charge is 0.262 e. The van der Waals surface area contributed by atoms with Gasteiger partial charge in [0.1, 0.15) is 6.61 Å². The molecule has 0 saturated heterocycles. The predicted molar refractivity (Wildman–Crippen MR) is 152 cm³/mol. The van der Waals surface area contributed by atoms with Crippen molar-refractivity contribution in [3.8, 4) is 17.2 Å². The number of halogens is 1. The fourth-order valence-corrected chi connectivity index (χ4v) is 5.91. The van der Waals surface area contributed by atoms with Crippen LogP contribution in [0.15, 0.2) is 48.7 Å². The zero-order chi connectivity index (χ0) is 27.2. The highest BCUT2D eigenvalue weighted by atomic mass is 35.5. The number of methoxy groups -OCH3 is 1. The number of carbonyl (C=O) groups excluding carboxylic acids is 1. The fourth-order valence-electron chi connectivity index (χ4n) is 4.41. The SMILES string of the molecule is COc1cc(N2Cc3nn(-c4ccc(Cl)cc4)cc3C2=O)ccc1OCC(O[Si](C)(C)C(C)(C)C)C1CC1. The minimum atomic E-state index is -1.91. The highest BCUT2D eigenvalue weighted by molar-refractivity contribution is 6.74. The van der Waals surface area contributed by atoms with Crippen LogP contribution in [0.3, 0.4) is 0 Å². The van der Waals surface area contributed by atoms with Gasteiger partial charge in [-0.2, -0.15) is 5.10 Å². The van der Waals surface area contributed by atoms with Crippen LogP contribution in [-0.2, 0) is 11.0 Å². The van der Waals surface area contributed by atoms with Crippen molar-refractivity contribution in [3.63, 3.8) is 0 Å². The molecule has 5 rings (SSSR count). The van der Waals surface area contributed by atoms with E-state index in [-0.39, 0.29) is 17.0 Å². The number of amides is 1. The zero-order valence-electron chi connectivity index (χ0n) is 23.0. The van der Waals surface area contributed by atoms with Gasteiger partial charge < -0.3 is 18.8 Å². The standard InChI is InChI=1S/C29H36ClN3O4Si/c1-29(2,3)38(5,6)37-27(19-7-8-19)18-36-25-14-13-22(15-26(25)35-4)32-17-24-23(28(32)34)16-33(31-24)21-11-9-20(30)10-12-21/h9-16,19,27H,7-8,17-18H2,1-6H3. The van der Waals surface area contributed by atoms with Gasteiger partial charge in [-0.05, 0) is 73.3 Å². The molecule has 1 aliphatic carbocycles. The lowest BCUT2D eigenvalue weighted by Gasteiger charge is -2.39. The first-order valence-electron chi connectivity index (χ1n) is 13.1. The molecule has 0 spiro atoms. The molecule has 3 aromatic rings. The Morgan fingerprint density at radius 1 is 1.08 bits per heavy atom. The van der Waals surface area contributed by atoms with Crippen molar-refractivity contribution in [2.45, 2.75) is 64.4 Å². The number of nitrogens with zero attached hydrogens (tertiary/aromatic N) is 3. The quantitative estimate of drug-likeness (QED) is 0.270. The third-order valence-corrected chi connectivity index (χ3v) is 12.7. The molecular weight excluding hydrogens is 518 g/mol. The summed E-state index contributed by atoms with van der Waals surface area (Å²) in [5, 5.41) is 5.44. The molecular formula is C29H36ClN3O4Si. The van der Waals surface area contributed by atoms with Crippen LogP contribution in [0.1, 0.15) is 49.7 Å². The second-order valence-electron chi connectivity index (χ2n) is 11.7. The molecule has 1 atom stereocenters. The molecule has 1 aromatic heterocycles. The summed E-state index contributed by atoms with van der Waals surface area (Å²) >= 11 is 6.00. The Hall–Kier alpha value is -2.81. The summed E-state index contributed by atoms with van der Waals surface area (Å²) in [6, 6.07) is 13.0. The summed E-state index contributed by atoms with van der Waals surface area (Å²) in [5.41, 5.74) is 2.92. The van der Waals surface area contributed by atoms with E-state index >= 15 is 0 Å². The van der Waals surface area contributed by atoms with E-state index in [1.165, 1.54) is 12.8 Å².